The predicted molar refractivity (Wildman–Crippen MR) is 167 cm³/mol. The lowest BCUT2D eigenvalue weighted by Crippen LogP contribution is -2.58. The molecule has 1 aliphatic heterocycles. The normalized spacial score (nSPS) is 28.5. The van der Waals surface area contributed by atoms with Crippen molar-refractivity contribution in [3.05, 3.63) is 113 Å². The van der Waals surface area contributed by atoms with Crippen LogP contribution >= 0.6 is 0 Å². The van der Waals surface area contributed by atoms with Crippen LogP contribution in [0.2, 0.25) is 0 Å². The Labute approximate surface area is 265 Å². The highest BCUT2D eigenvalue weighted by Crippen LogP contribution is 2.64. The Morgan fingerprint density at radius 2 is 1.63 bits per heavy atom. The number of ketones is 2. The molecule has 46 heavy (non-hydrogen) atoms. The van der Waals surface area contributed by atoms with Crippen LogP contribution in [0.25, 0.3) is 5.57 Å². The summed E-state index contributed by atoms with van der Waals surface area (Å²) < 4.78 is 5.75. The van der Waals surface area contributed by atoms with Crippen LogP contribution in [0, 0.1) is 23.7 Å². The number of urea groups is 1. The Hall–Kier alpha value is -5.31. The summed E-state index contributed by atoms with van der Waals surface area (Å²) in [6.45, 7) is 2.07. The van der Waals surface area contributed by atoms with Gasteiger partial charge in [-0.3, -0.25) is 19.2 Å². The molecule has 9 heteroatoms. The van der Waals surface area contributed by atoms with Crippen molar-refractivity contribution in [2.75, 3.05) is 6.61 Å². The molecule has 7 rings (SSSR count). The van der Waals surface area contributed by atoms with Gasteiger partial charge in [0, 0.05) is 23.0 Å². The number of benzene rings is 3. The Morgan fingerprint density at radius 3 is 2.30 bits per heavy atom. The van der Waals surface area contributed by atoms with Gasteiger partial charge in [-0.1, -0.05) is 84.4 Å². The van der Waals surface area contributed by atoms with E-state index in [9.17, 15) is 29.1 Å². The first-order valence-electron chi connectivity index (χ1n) is 15.4. The zero-order valence-corrected chi connectivity index (χ0v) is 25.1. The maximum Gasteiger partial charge on any atom is 0.328 e. The van der Waals surface area contributed by atoms with Crippen molar-refractivity contribution in [2.45, 2.75) is 31.1 Å². The number of aromatic hydroxyl groups is 1. The molecular formula is C37H32N2O7. The number of allylic oxidation sites excluding steroid dienone is 4. The molecule has 0 radical (unpaired) electrons. The number of carbonyl (C=O) groups excluding carboxylic acids is 5. The van der Waals surface area contributed by atoms with E-state index in [0.29, 0.717) is 27.2 Å². The van der Waals surface area contributed by atoms with Crippen molar-refractivity contribution in [1.29, 1.82) is 0 Å². The number of imide groups is 3. The number of nitrogens with zero attached hydrogens (tertiary/aromatic N) is 1. The van der Waals surface area contributed by atoms with Crippen LogP contribution in [0.1, 0.15) is 42.4 Å². The highest BCUT2D eigenvalue weighted by molar-refractivity contribution is 6.31. The molecule has 0 unspecified atom stereocenters. The summed E-state index contributed by atoms with van der Waals surface area (Å²) in [5.74, 6) is -6.25. The number of likely N-dealkylation sites (tertiary alicyclic amines) is 1. The summed E-state index contributed by atoms with van der Waals surface area (Å²) in [7, 11) is 0. The average molecular weight is 617 g/mol. The van der Waals surface area contributed by atoms with Gasteiger partial charge in [-0.05, 0) is 49.0 Å². The maximum atomic E-state index is 15.0. The van der Waals surface area contributed by atoms with Gasteiger partial charge in [-0.25, -0.2) is 4.79 Å². The Balaban J connectivity index is 1.53. The van der Waals surface area contributed by atoms with Gasteiger partial charge in [0.2, 0.25) is 11.8 Å². The summed E-state index contributed by atoms with van der Waals surface area (Å²) in [6, 6.07) is 22.0. The van der Waals surface area contributed by atoms with Gasteiger partial charge in [0.15, 0.2) is 23.1 Å². The summed E-state index contributed by atoms with van der Waals surface area (Å²) >= 11 is 0. The molecule has 3 aromatic rings. The third-order valence-corrected chi connectivity index (χ3v) is 10.2. The Bertz CT molecular complexity index is 1860. The van der Waals surface area contributed by atoms with Gasteiger partial charge in [0.1, 0.15) is 0 Å². The zero-order chi connectivity index (χ0) is 32.3. The topological polar surface area (TPSA) is 144 Å². The SMILES string of the molecule is CCOc1cccc([C@H]2C3=CC[C@@H]4C(=O)N(C(N)=O)C(=O)[C@@H]4[C@@H]3C[C@H]3C(=O)C(c4ccccc4)=CC(=O)[C@@]23c2ccccc2)c1O. The van der Waals surface area contributed by atoms with E-state index in [4.69, 9.17) is 10.5 Å². The number of nitrogens with two attached hydrogens (primary N) is 1. The van der Waals surface area contributed by atoms with Gasteiger partial charge < -0.3 is 15.6 Å². The van der Waals surface area contributed by atoms with Gasteiger partial charge in [0.05, 0.1) is 23.9 Å². The van der Waals surface area contributed by atoms with E-state index in [2.05, 4.69) is 0 Å². The Kier molecular flexibility index (Phi) is 6.99. The molecular weight excluding hydrogens is 584 g/mol. The second-order valence-electron chi connectivity index (χ2n) is 12.3. The van der Waals surface area contributed by atoms with Crippen LogP contribution in [0.15, 0.2) is 96.6 Å². The minimum atomic E-state index is -1.50. The summed E-state index contributed by atoms with van der Waals surface area (Å²) in [5, 5.41) is 11.7. The first-order chi connectivity index (χ1) is 22.2. The molecule has 232 valence electrons. The largest absolute Gasteiger partial charge is 0.504 e. The number of ether oxygens (including phenoxy) is 1. The quantitative estimate of drug-likeness (QED) is 0.313. The number of carbonyl (C=O) groups is 5. The van der Waals surface area contributed by atoms with Crippen LogP contribution in [-0.4, -0.2) is 46.0 Å². The molecule has 4 amide bonds. The van der Waals surface area contributed by atoms with Gasteiger partial charge in [-0.15, -0.1) is 0 Å². The molecule has 3 aliphatic carbocycles. The number of phenols is 1. The smallest absolute Gasteiger partial charge is 0.328 e. The van der Waals surface area contributed by atoms with Crippen LogP contribution in [-0.2, 0) is 24.6 Å². The number of fused-ring (bicyclic) bond motifs is 4. The minimum absolute atomic E-state index is 0.0741. The molecule has 0 spiro atoms. The molecule has 1 saturated carbocycles. The molecule has 1 saturated heterocycles. The number of primary amides is 1. The second-order valence-corrected chi connectivity index (χ2v) is 12.3. The van der Waals surface area contributed by atoms with E-state index in [-0.39, 0.29) is 48.1 Å². The van der Waals surface area contributed by atoms with Gasteiger partial charge in [-0.2, -0.15) is 4.90 Å². The van der Waals surface area contributed by atoms with Crippen molar-refractivity contribution in [1.82, 2.24) is 4.90 Å². The molecule has 2 fully saturated rings. The van der Waals surface area contributed by atoms with Crippen molar-refractivity contribution in [2.24, 2.45) is 29.4 Å². The van der Waals surface area contributed by atoms with Crippen molar-refractivity contribution in [3.8, 4) is 11.5 Å². The third kappa shape index (κ3) is 4.04. The Morgan fingerprint density at radius 1 is 0.935 bits per heavy atom. The number of phenolic OH excluding ortho intramolecular Hbond substituents is 1. The molecule has 0 aromatic heterocycles. The zero-order valence-electron chi connectivity index (χ0n) is 25.1. The van der Waals surface area contributed by atoms with Gasteiger partial charge in [0.25, 0.3) is 0 Å². The van der Waals surface area contributed by atoms with Crippen LogP contribution in [0.3, 0.4) is 0 Å². The number of rotatable bonds is 5. The average Bonchev–Trinajstić information content (AvgIpc) is 3.33. The summed E-state index contributed by atoms with van der Waals surface area (Å²) in [5.41, 5.74) is 6.48. The van der Waals surface area contributed by atoms with E-state index in [1.165, 1.54) is 6.08 Å². The lowest BCUT2D eigenvalue weighted by atomic mass is 9.44. The summed E-state index contributed by atoms with van der Waals surface area (Å²) in [6.07, 6.45) is 3.48. The van der Waals surface area contributed by atoms with E-state index in [1.54, 1.807) is 49.4 Å². The van der Waals surface area contributed by atoms with Crippen LogP contribution in [0.4, 0.5) is 4.79 Å². The first-order valence-corrected chi connectivity index (χ1v) is 15.4. The van der Waals surface area contributed by atoms with Crippen LogP contribution in [0.5, 0.6) is 11.5 Å². The maximum absolute atomic E-state index is 15.0. The lowest BCUT2D eigenvalue weighted by Gasteiger charge is -2.55. The van der Waals surface area contributed by atoms with E-state index < -0.39 is 52.8 Å². The van der Waals surface area contributed by atoms with E-state index >= 15 is 0 Å². The number of hydrogen-bond donors (Lipinski definition) is 2. The third-order valence-electron chi connectivity index (χ3n) is 10.2. The van der Waals surface area contributed by atoms with Crippen molar-refractivity contribution >= 4 is 35.0 Å². The fourth-order valence-corrected chi connectivity index (χ4v) is 8.48. The fraction of sp³-hybridized carbons (Fsp3) is 0.270. The second kappa shape index (κ2) is 10.9. The van der Waals surface area contributed by atoms with Gasteiger partial charge >= 0.3 is 6.03 Å². The monoisotopic (exact) mass is 616 g/mol. The number of hydrogen-bond acceptors (Lipinski definition) is 7. The van der Waals surface area contributed by atoms with Crippen molar-refractivity contribution in [3.63, 3.8) is 0 Å². The minimum Gasteiger partial charge on any atom is -0.504 e. The molecule has 9 nitrogen and oxygen atoms in total. The predicted octanol–water partition coefficient (Wildman–Crippen LogP) is 4.69. The number of amides is 4. The standard InChI is InChI=1S/C37H32N2O7/c1-2-46-28-15-9-14-24(33(28)42)31-22-16-17-23-30(35(44)39(34(23)43)36(38)45)26(22)18-27-32(41)25(20-10-5-3-6-11-20)19-29(40)37(27,31)21-12-7-4-8-13-21/h3-16,19,23,26-27,30-31,42H,2,17-18H2,1H3,(H2,38,45)/t23-,26+,27-,30-,31+,37-/m0/s1. The molecule has 3 aromatic carbocycles. The fourth-order valence-electron chi connectivity index (χ4n) is 8.48. The number of Topliss-reactive ketones (excluding diaryl/α,β-unsaturated/α-hetero) is 1. The molecule has 4 aliphatic rings. The van der Waals surface area contributed by atoms with Crippen molar-refractivity contribution < 1.29 is 33.8 Å². The molecule has 6 atom stereocenters. The summed E-state index contributed by atoms with van der Waals surface area (Å²) in [4.78, 5) is 69.7. The lowest BCUT2D eigenvalue weighted by molar-refractivity contribution is -0.137. The van der Waals surface area contributed by atoms with E-state index in [1.807, 2.05) is 42.5 Å². The van der Waals surface area contributed by atoms with Crippen LogP contribution < -0.4 is 10.5 Å². The number of para-hydroxylation sites is 1. The highest BCUT2D eigenvalue weighted by Gasteiger charge is 2.66. The van der Waals surface area contributed by atoms with E-state index in [0.717, 1.165) is 0 Å². The highest BCUT2D eigenvalue weighted by atomic mass is 16.5. The molecule has 3 N–H and O–H groups in total. The molecule has 0 bridgehead atoms. The first kappa shape index (κ1) is 29.4. The molecule has 1 heterocycles.